The Morgan fingerprint density at radius 1 is 0.652 bits per heavy atom. The van der Waals surface area contributed by atoms with Crippen LogP contribution in [0.15, 0.2) is 0 Å². The number of hydrogen-bond donors (Lipinski definition) is 1. The van der Waals surface area contributed by atoms with E-state index in [-0.39, 0.29) is 0 Å². The lowest BCUT2D eigenvalue weighted by atomic mass is 10.0. The molecule has 1 N–H and O–H groups in total. The lowest BCUT2D eigenvalue weighted by Crippen LogP contribution is -2.51. The van der Waals surface area contributed by atoms with E-state index in [1.165, 1.54) is 57.8 Å². The van der Waals surface area contributed by atoms with Crippen LogP contribution < -0.4 is 0 Å². The highest BCUT2D eigenvalue weighted by Crippen LogP contribution is 2.19. The number of hydroxylamine groups is 3. The summed E-state index contributed by atoms with van der Waals surface area (Å²) in [5.74, 6) is 0. The highest BCUT2D eigenvalue weighted by molar-refractivity contribution is 4.53. The Labute approximate surface area is 145 Å². The average Bonchev–Trinajstić information content (AvgIpc) is 2.52. The molecule has 0 aromatic heterocycles. The number of aliphatic hydroxyl groups is 1. The van der Waals surface area contributed by atoms with E-state index in [9.17, 15) is 10.3 Å². The van der Waals surface area contributed by atoms with E-state index in [0.29, 0.717) is 19.5 Å². The first-order valence-corrected chi connectivity index (χ1v) is 10.4. The largest absolute Gasteiger partial charge is 0.631 e. The third-order valence-electron chi connectivity index (χ3n) is 4.81. The molecule has 0 bridgehead atoms. The summed E-state index contributed by atoms with van der Waals surface area (Å²) in [6.07, 6.45) is 16.0. The summed E-state index contributed by atoms with van der Waals surface area (Å²) in [6, 6.07) is 0. The maximum atomic E-state index is 12.6. The van der Waals surface area contributed by atoms with E-state index in [1.807, 2.05) is 13.8 Å². The smallest absolute Gasteiger partial charge is 0.190 e. The van der Waals surface area contributed by atoms with Gasteiger partial charge < -0.3 is 15.0 Å². The SMILES string of the molecule is CCCCCCCCCCCCCC(O)[N+]([O-])(CCC)CCC. The van der Waals surface area contributed by atoms with Gasteiger partial charge in [-0.05, 0) is 19.3 Å². The summed E-state index contributed by atoms with van der Waals surface area (Å²) in [5, 5.41) is 22.8. The second-order valence-corrected chi connectivity index (χ2v) is 7.20. The van der Waals surface area contributed by atoms with Crippen molar-refractivity contribution in [1.29, 1.82) is 0 Å². The van der Waals surface area contributed by atoms with Gasteiger partial charge in [0.25, 0.3) is 0 Å². The molecule has 0 aliphatic rings. The van der Waals surface area contributed by atoms with Gasteiger partial charge in [0.05, 0.1) is 13.1 Å². The fourth-order valence-electron chi connectivity index (χ4n) is 3.39. The van der Waals surface area contributed by atoms with E-state index in [0.717, 1.165) is 25.7 Å². The molecule has 23 heavy (non-hydrogen) atoms. The first kappa shape index (κ1) is 22.9. The van der Waals surface area contributed by atoms with Crippen LogP contribution in [0.3, 0.4) is 0 Å². The van der Waals surface area contributed by atoms with Crippen LogP contribution in [-0.4, -0.2) is 29.1 Å². The van der Waals surface area contributed by atoms with Crippen molar-refractivity contribution in [2.45, 2.75) is 117 Å². The minimum Gasteiger partial charge on any atom is -0.631 e. The van der Waals surface area contributed by atoms with Gasteiger partial charge in [0.2, 0.25) is 0 Å². The summed E-state index contributed by atoms with van der Waals surface area (Å²) >= 11 is 0. The zero-order valence-corrected chi connectivity index (χ0v) is 16.2. The van der Waals surface area contributed by atoms with Gasteiger partial charge in [-0.1, -0.05) is 85.0 Å². The number of hydrogen-bond acceptors (Lipinski definition) is 2. The fraction of sp³-hybridized carbons (Fsp3) is 1.00. The van der Waals surface area contributed by atoms with Crippen LogP contribution in [-0.2, 0) is 0 Å². The lowest BCUT2D eigenvalue weighted by Gasteiger charge is -2.46. The molecular formula is C20H43NO2. The molecule has 0 saturated heterocycles. The second-order valence-electron chi connectivity index (χ2n) is 7.20. The molecule has 0 fully saturated rings. The first-order valence-electron chi connectivity index (χ1n) is 10.4. The van der Waals surface area contributed by atoms with Gasteiger partial charge in [0, 0.05) is 6.42 Å². The van der Waals surface area contributed by atoms with Crippen LogP contribution in [0.5, 0.6) is 0 Å². The molecule has 0 radical (unpaired) electrons. The molecule has 3 heteroatoms. The number of unbranched alkanes of at least 4 members (excludes halogenated alkanes) is 10. The van der Waals surface area contributed by atoms with Crippen molar-refractivity contribution in [2.24, 2.45) is 0 Å². The van der Waals surface area contributed by atoms with E-state index >= 15 is 0 Å². The molecule has 1 atom stereocenters. The van der Waals surface area contributed by atoms with Crippen molar-refractivity contribution < 1.29 is 9.75 Å². The topological polar surface area (TPSA) is 43.3 Å². The molecule has 0 aliphatic heterocycles. The van der Waals surface area contributed by atoms with E-state index in [4.69, 9.17) is 0 Å². The van der Waals surface area contributed by atoms with Gasteiger partial charge in [-0.3, -0.25) is 0 Å². The molecule has 0 aromatic carbocycles. The summed E-state index contributed by atoms with van der Waals surface area (Å²) in [6.45, 7) is 7.41. The quantitative estimate of drug-likeness (QED) is 0.151. The molecule has 0 heterocycles. The molecule has 1 unspecified atom stereocenters. The summed E-state index contributed by atoms with van der Waals surface area (Å²) in [7, 11) is 0. The molecule has 0 rings (SSSR count). The Hall–Kier alpha value is -0.120. The van der Waals surface area contributed by atoms with Crippen LogP contribution in [0.1, 0.15) is 111 Å². The van der Waals surface area contributed by atoms with Crippen LogP contribution in [0.2, 0.25) is 0 Å². The molecule has 0 aromatic rings. The lowest BCUT2D eigenvalue weighted by molar-refractivity contribution is -0.928. The Bertz CT molecular complexity index is 240. The van der Waals surface area contributed by atoms with Crippen molar-refractivity contribution in [3.8, 4) is 0 Å². The number of quaternary nitrogens is 1. The highest BCUT2D eigenvalue weighted by atomic mass is 16.6. The summed E-state index contributed by atoms with van der Waals surface area (Å²) in [5.41, 5.74) is 0. The first-order chi connectivity index (χ1) is 11.1. The number of nitrogens with zero attached hydrogens (tertiary/aromatic N) is 1. The van der Waals surface area contributed by atoms with Crippen molar-refractivity contribution in [2.75, 3.05) is 13.1 Å². The molecule has 3 nitrogen and oxygen atoms in total. The predicted octanol–water partition coefficient (Wildman–Crippen LogP) is 6.14. The molecule has 0 amide bonds. The Balaban J connectivity index is 3.55. The zero-order chi connectivity index (χ0) is 17.4. The van der Waals surface area contributed by atoms with Gasteiger partial charge in [0.15, 0.2) is 6.23 Å². The Morgan fingerprint density at radius 3 is 1.43 bits per heavy atom. The Kier molecular flexibility index (Phi) is 15.3. The van der Waals surface area contributed by atoms with E-state index in [2.05, 4.69) is 6.92 Å². The standard InChI is InChI=1S/C20H43NO2/c1-4-7-8-9-10-11-12-13-14-15-16-17-20(22)21(23,18-5-2)19-6-3/h20,22H,4-19H2,1-3H3. The maximum Gasteiger partial charge on any atom is 0.190 e. The van der Waals surface area contributed by atoms with Crippen LogP contribution >= 0.6 is 0 Å². The molecule has 0 saturated carbocycles. The van der Waals surface area contributed by atoms with Crippen molar-refractivity contribution in [1.82, 2.24) is 0 Å². The fourth-order valence-corrected chi connectivity index (χ4v) is 3.39. The zero-order valence-electron chi connectivity index (χ0n) is 16.2. The van der Waals surface area contributed by atoms with E-state index in [1.54, 1.807) is 0 Å². The van der Waals surface area contributed by atoms with Crippen molar-refractivity contribution in [3.63, 3.8) is 0 Å². The summed E-state index contributed by atoms with van der Waals surface area (Å²) < 4.78 is -0.398. The van der Waals surface area contributed by atoms with Gasteiger partial charge in [-0.2, -0.15) is 0 Å². The molecular weight excluding hydrogens is 286 g/mol. The second kappa shape index (κ2) is 15.4. The Morgan fingerprint density at radius 2 is 1.04 bits per heavy atom. The van der Waals surface area contributed by atoms with E-state index < -0.39 is 10.9 Å². The number of aliphatic hydroxyl groups excluding tert-OH is 1. The van der Waals surface area contributed by atoms with Crippen LogP contribution in [0, 0.1) is 5.21 Å². The predicted molar refractivity (Wildman–Crippen MR) is 101 cm³/mol. The van der Waals surface area contributed by atoms with Gasteiger partial charge in [-0.15, -0.1) is 0 Å². The monoisotopic (exact) mass is 329 g/mol. The van der Waals surface area contributed by atoms with Crippen LogP contribution in [0.4, 0.5) is 0 Å². The molecule has 0 spiro atoms. The third kappa shape index (κ3) is 12.0. The van der Waals surface area contributed by atoms with Crippen molar-refractivity contribution in [3.05, 3.63) is 5.21 Å². The number of rotatable bonds is 17. The minimum atomic E-state index is -0.714. The van der Waals surface area contributed by atoms with Gasteiger partial charge in [0.1, 0.15) is 0 Å². The highest BCUT2D eigenvalue weighted by Gasteiger charge is 2.24. The van der Waals surface area contributed by atoms with Crippen molar-refractivity contribution >= 4 is 0 Å². The minimum absolute atomic E-state index is 0.398. The molecule has 140 valence electrons. The normalized spacial score (nSPS) is 13.4. The average molecular weight is 330 g/mol. The molecule has 0 aliphatic carbocycles. The van der Waals surface area contributed by atoms with Crippen LogP contribution in [0.25, 0.3) is 0 Å². The summed E-state index contributed by atoms with van der Waals surface area (Å²) in [4.78, 5) is 0. The third-order valence-corrected chi connectivity index (χ3v) is 4.81. The van der Waals surface area contributed by atoms with Gasteiger partial charge >= 0.3 is 0 Å². The maximum absolute atomic E-state index is 12.6. The van der Waals surface area contributed by atoms with Gasteiger partial charge in [-0.25, -0.2) is 0 Å².